The zero-order chi connectivity index (χ0) is 18.7. The standard InChI is InChI=1S/C19H22NO6P/c21-18(24-14-16-7-3-1-4-8-16)13-20-27(25-15-19-22-11-12-23-19)26-17-9-5-2-6-10-17/h1-10,19-20H,11-15H2. The van der Waals surface area contributed by atoms with E-state index in [1.54, 1.807) is 0 Å². The maximum absolute atomic E-state index is 12.0. The number of ether oxygens (including phenoxy) is 3. The number of carbonyl (C=O) groups excluding carboxylic acids is 1. The minimum atomic E-state index is -1.56. The van der Waals surface area contributed by atoms with Crippen LogP contribution in [0.5, 0.6) is 5.75 Å². The highest BCUT2D eigenvalue weighted by Gasteiger charge is 2.21. The number of hydrogen-bond acceptors (Lipinski definition) is 7. The van der Waals surface area contributed by atoms with E-state index in [-0.39, 0.29) is 25.7 Å². The van der Waals surface area contributed by atoms with Crippen LogP contribution in [0.2, 0.25) is 0 Å². The summed E-state index contributed by atoms with van der Waals surface area (Å²) in [5.41, 5.74) is 0.931. The van der Waals surface area contributed by atoms with Crippen LogP contribution in [0.1, 0.15) is 5.56 Å². The Morgan fingerprint density at radius 3 is 2.41 bits per heavy atom. The van der Waals surface area contributed by atoms with Crippen molar-refractivity contribution >= 4 is 14.5 Å². The highest BCUT2D eigenvalue weighted by Crippen LogP contribution is 2.35. The van der Waals surface area contributed by atoms with E-state index in [1.807, 2.05) is 60.7 Å². The third kappa shape index (κ3) is 7.25. The maximum Gasteiger partial charge on any atom is 0.320 e. The van der Waals surface area contributed by atoms with E-state index in [9.17, 15) is 4.79 Å². The molecule has 1 aliphatic rings. The summed E-state index contributed by atoms with van der Waals surface area (Å²) < 4.78 is 27.5. The van der Waals surface area contributed by atoms with Gasteiger partial charge in [0.05, 0.1) is 13.2 Å². The van der Waals surface area contributed by atoms with Crippen LogP contribution in [0.15, 0.2) is 60.7 Å². The van der Waals surface area contributed by atoms with Crippen LogP contribution in [0, 0.1) is 0 Å². The minimum absolute atomic E-state index is 0.0300. The van der Waals surface area contributed by atoms with E-state index in [0.717, 1.165) is 5.56 Å². The number of hydrogen-bond donors (Lipinski definition) is 1. The first-order valence-corrected chi connectivity index (χ1v) is 9.80. The molecule has 1 saturated heterocycles. The Morgan fingerprint density at radius 1 is 1.04 bits per heavy atom. The summed E-state index contributed by atoms with van der Waals surface area (Å²) >= 11 is 0. The molecule has 1 N–H and O–H groups in total. The van der Waals surface area contributed by atoms with Crippen molar-refractivity contribution in [1.29, 1.82) is 0 Å². The van der Waals surface area contributed by atoms with Gasteiger partial charge in [0.25, 0.3) is 0 Å². The highest BCUT2D eigenvalue weighted by molar-refractivity contribution is 7.45. The lowest BCUT2D eigenvalue weighted by molar-refractivity contribution is -0.143. The lowest BCUT2D eigenvalue weighted by Crippen LogP contribution is -2.25. The lowest BCUT2D eigenvalue weighted by Gasteiger charge is -2.19. The summed E-state index contributed by atoms with van der Waals surface area (Å²) in [5.74, 6) is 0.252. The van der Waals surface area contributed by atoms with Gasteiger partial charge in [0.2, 0.25) is 0 Å². The Kier molecular flexibility index (Phi) is 8.02. The van der Waals surface area contributed by atoms with Gasteiger partial charge in [0, 0.05) is 0 Å². The van der Waals surface area contributed by atoms with Gasteiger partial charge in [-0.3, -0.25) is 4.79 Å². The zero-order valence-corrected chi connectivity index (χ0v) is 15.7. The summed E-state index contributed by atoms with van der Waals surface area (Å²) in [6.45, 7) is 1.50. The number of benzene rings is 2. The van der Waals surface area contributed by atoms with E-state index in [1.165, 1.54) is 0 Å². The quantitative estimate of drug-likeness (QED) is 0.493. The molecule has 0 radical (unpaired) electrons. The van der Waals surface area contributed by atoms with Crippen LogP contribution in [0.25, 0.3) is 0 Å². The van der Waals surface area contributed by atoms with Crippen molar-refractivity contribution in [2.24, 2.45) is 0 Å². The van der Waals surface area contributed by atoms with Crippen molar-refractivity contribution in [1.82, 2.24) is 5.09 Å². The van der Waals surface area contributed by atoms with Gasteiger partial charge in [-0.15, -0.1) is 0 Å². The molecule has 1 atom stereocenters. The Morgan fingerprint density at radius 2 is 1.70 bits per heavy atom. The molecular formula is C19H22NO6P. The maximum atomic E-state index is 12.0. The number of nitrogens with one attached hydrogen (secondary N) is 1. The molecule has 2 aromatic carbocycles. The molecule has 3 rings (SSSR count). The number of carbonyl (C=O) groups is 1. The van der Waals surface area contributed by atoms with Crippen molar-refractivity contribution in [3.8, 4) is 5.75 Å². The first-order chi connectivity index (χ1) is 13.3. The second kappa shape index (κ2) is 11.0. The molecule has 1 heterocycles. The topological polar surface area (TPSA) is 75.3 Å². The molecule has 1 fully saturated rings. The van der Waals surface area contributed by atoms with Crippen LogP contribution >= 0.6 is 8.53 Å². The largest absolute Gasteiger partial charge is 0.460 e. The molecule has 0 spiro atoms. The van der Waals surface area contributed by atoms with Crippen molar-refractivity contribution in [3.05, 3.63) is 66.2 Å². The molecule has 2 aromatic rings. The summed E-state index contributed by atoms with van der Waals surface area (Å²) in [7, 11) is -1.56. The van der Waals surface area contributed by atoms with Crippen LogP contribution in [-0.2, 0) is 30.1 Å². The molecule has 1 aliphatic heterocycles. The molecule has 1 unspecified atom stereocenters. The lowest BCUT2D eigenvalue weighted by atomic mass is 10.2. The average molecular weight is 391 g/mol. The second-order valence-electron chi connectivity index (χ2n) is 5.61. The van der Waals surface area contributed by atoms with Crippen molar-refractivity contribution < 1.29 is 28.1 Å². The number of rotatable bonds is 10. The molecule has 144 valence electrons. The van der Waals surface area contributed by atoms with Gasteiger partial charge in [-0.25, -0.2) is 5.09 Å². The second-order valence-corrected chi connectivity index (χ2v) is 6.88. The number of para-hydroxylation sites is 1. The van der Waals surface area contributed by atoms with Crippen LogP contribution in [0.4, 0.5) is 0 Å². The molecule has 7 nitrogen and oxygen atoms in total. The molecular weight excluding hydrogens is 369 g/mol. The van der Waals surface area contributed by atoms with Gasteiger partial charge in [0.1, 0.15) is 25.5 Å². The Labute approximate surface area is 159 Å². The molecule has 0 saturated carbocycles. The molecule has 27 heavy (non-hydrogen) atoms. The fourth-order valence-corrected chi connectivity index (χ4v) is 3.27. The van der Waals surface area contributed by atoms with Gasteiger partial charge >= 0.3 is 14.5 Å². The summed E-state index contributed by atoms with van der Waals surface area (Å²) in [6.07, 6.45) is -0.416. The molecule has 0 aliphatic carbocycles. The smallest absolute Gasteiger partial charge is 0.320 e. The van der Waals surface area contributed by atoms with Crippen LogP contribution in [-0.4, -0.2) is 38.6 Å². The highest BCUT2D eigenvalue weighted by atomic mass is 31.2. The first kappa shape index (κ1) is 19.7. The zero-order valence-electron chi connectivity index (χ0n) is 14.8. The van der Waals surface area contributed by atoms with E-state index in [2.05, 4.69) is 5.09 Å². The average Bonchev–Trinajstić information content (AvgIpc) is 3.23. The van der Waals surface area contributed by atoms with E-state index < -0.39 is 14.8 Å². The SMILES string of the molecule is O=C(CNP(OCC1OCCO1)Oc1ccccc1)OCc1ccccc1. The Hall–Kier alpha value is -2.02. The third-order valence-electron chi connectivity index (χ3n) is 3.55. The summed E-state index contributed by atoms with van der Waals surface area (Å²) in [5, 5.41) is 2.96. The van der Waals surface area contributed by atoms with Gasteiger partial charge in [-0.2, -0.15) is 0 Å². The number of esters is 1. The minimum Gasteiger partial charge on any atom is -0.460 e. The predicted molar refractivity (Wildman–Crippen MR) is 99.9 cm³/mol. The van der Waals surface area contributed by atoms with E-state index in [4.69, 9.17) is 23.3 Å². The molecule has 0 bridgehead atoms. The van der Waals surface area contributed by atoms with Gasteiger partial charge in [-0.1, -0.05) is 48.5 Å². The first-order valence-electron chi connectivity index (χ1n) is 8.62. The van der Waals surface area contributed by atoms with Crippen LogP contribution < -0.4 is 9.61 Å². The van der Waals surface area contributed by atoms with Gasteiger partial charge in [-0.05, 0) is 17.7 Å². The normalized spacial score (nSPS) is 15.4. The van der Waals surface area contributed by atoms with Gasteiger partial charge in [0.15, 0.2) is 6.29 Å². The van der Waals surface area contributed by atoms with E-state index >= 15 is 0 Å². The van der Waals surface area contributed by atoms with Crippen molar-refractivity contribution in [3.63, 3.8) is 0 Å². The fourth-order valence-electron chi connectivity index (χ4n) is 2.23. The monoisotopic (exact) mass is 391 g/mol. The summed E-state index contributed by atoms with van der Waals surface area (Å²) in [6, 6.07) is 18.8. The summed E-state index contributed by atoms with van der Waals surface area (Å²) in [4.78, 5) is 12.0. The molecule has 0 amide bonds. The Balaban J connectivity index is 1.46. The molecule has 0 aromatic heterocycles. The molecule has 8 heteroatoms. The van der Waals surface area contributed by atoms with E-state index in [0.29, 0.717) is 19.0 Å². The van der Waals surface area contributed by atoms with Crippen molar-refractivity contribution in [2.45, 2.75) is 12.9 Å². The third-order valence-corrected chi connectivity index (χ3v) is 4.72. The van der Waals surface area contributed by atoms with Gasteiger partial charge < -0.3 is 23.3 Å². The van der Waals surface area contributed by atoms with Crippen molar-refractivity contribution in [2.75, 3.05) is 26.4 Å². The Bertz CT molecular complexity index is 681. The van der Waals surface area contributed by atoms with Crippen LogP contribution in [0.3, 0.4) is 0 Å². The predicted octanol–water partition coefficient (Wildman–Crippen LogP) is 3.01. The fraction of sp³-hybridized carbons (Fsp3) is 0.316.